The molecule has 1 aromatic heterocycles. The Bertz CT molecular complexity index is 1180. The maximum Gasteiger partial charge on any atom is 0.410 e. The number of likely N-dealkylation sites (N-methyl/N-ethyl adjacent to an activating group) is 1. The highest BCUT2D eigenvalue weighted by atomic mass is 35.5. The number of benzene rings is 2. The van der Waals surface area contributed by atoms with E-state index in [1.807, 2.05) is 6.07 Å². The molecule has 1 aliphatic heterocycles. The van der Waals surface area contributed by atoms with Crippen LogP contribution in [0.4, 0.5) is 20.7 Å². The summed E-state index contributed by atoms with van der Waals surface area (Å²) in [6, 6.07) is 7.94. The lowest BCUT2D eigenvalue weighted by molar-refractivity contribution is 0.0751. The Morgan fingerprint density at radius 2 is 2.06 bits per heavy atom. The van der Waals surface area contributed by atoms with E-state index < -0.39 is 5.82 Å². The Balaban J connectivity index is 1.45. The number of hydrogen-bond donors (Lipinski definition) is 1. The number of ether oxygens (including phenoxy) is 3. The monoisotopic (exact) mass is 489 g/mol. The number of amides is 1. The number of hydrogen-bond acceptors (Lipinski definition) is 8. The molecule has 2 heterocycles. The van der Waals surface area contributed by atoms with Gasteiger partial charge in [0.15, 0.2) is 11.5 Å². The van der Waals surface area contributed by atoms with E-state index in [1.54, 1.807) is 31.2 Å². The number of carbonyl (C=O) groups is 1. The number of nitrogens with zero attached hydrogens (tertiary/aromatic N) is 4. The third-order valence-corrected chi connectivity index (χ3v) is 5.70. The van der Waals surface area contributed by atoms with Crippen molar-refractivity contribution >= 4 is 40.1 Å². The zero-order valence-electron chi connectivity index (χ0n) is 18.9. The molecule has 0 atom stereocenters. The van der Waals surface area contributed by atoms with Gasteiger partial charge in [0.05, 0.1) is 24.3 Å². The van der Waals surface area contributed by atoms with E-state index in [1.165, 1.54) is 18.5 Å². The predicted octanol–water partition coefficient (Wildman–Crippen LogP) is 4.28. The normalized spacial score (nSPS) is 14.6. The summed E-state index contributed by atoms with van der Waals surface area (Å²) < 4.78 is 30.2. The summed E-state index contributed by atoms with van der Waals surface area (Å²) in [7, 11) is 3.29. The van der Waals surface area contributed by atoms with Gasteiger partial charge in [-0.05, 0) is 30.7 Å². The van der Waals surface area contributed by atoms with Crippen molar-refractivity contribution in [2.45, 2.75) is 6.42 Å². The summed E-state index contributed by atoms with van der Waals surface area (Å²) in [5, 5.41) is 3.88. The minimum absolute atomic E-state index is 0.0138. The number of rotatable bonds is 8. The molecule has 2 aromatic carbocycles. The molecule has 9 nitrogen and oxygen atoms in total. The Kier molecular flexibility index (Phi) is 7.49. The quantitative estimate of drug-likeness (QED) is 0.469. The highest BCUT2D eigenvalue weighted by Gasteiger charge is 2.18. The van der Waals surface area contributed by atoms with Crippen LogP contribution >= 0.6 is 11.6 Å². The maximum atomic E-state index is 13.5. The fraction of sp³-hybridized carbons (Fsp3) is 0.348. The lowest BCUT2D eigenvalue weighted by Gasteiger charge is -2.18. The van der Waals surface area contributed by atoms with Gasteiger partial charge in [0.2, 0.25) is 0 Å². The van der Waals surface area contributed by atoms with E-state index in [0.29, 0.717) is 47.1 Å². The molecule has 1 amide bonds. The topological polar surface area (TPSA) is 89.1 Å². The van der Waals surface area contributed by atoms with Crippen LogP contribution in [0.1, 0.15) is 6.42 Å². The van der Waals surface area contributed by atoms with Crippen LogP contribution < -0.4 is 14.8 Å². The molecule has 11 heteroatoms. The maximum absolute atomic E-state index is 13.5. The second-order valence-corrected chi connectivity index (χ2v) is 8.18. The van der Waals surface area contributed by atoms with Crippen molar-refractivity contribution in [3.63, 3.8) is 0 Å². The SMILES string of the molecule is COc1cc2ncnc(Nc3ccc(F)c(Cl)c3)c2cc1OCCCN1CCN(C)C(=O)OC1. The summed E-state index contributed by atoms with van der Waals surface area (Å²) >= 11 is 5.90. The molecule has 1 fully saturated rings. The standard InChI is InChI=1S/C23H25ClFN5O4/c1-29-7-8-30(14-34-23(29)31)6-3-9-33-21-11-16-19(12-20(21)32-2)26-13-27-22(16)28-15-4-5-18(25)17(24)10-15/h4-5,10-13H,3,6-9,14H2,1-2H3,(H,26,27,28). The van der Waals surface area contributed by atoms with Gasteiger partial charge in [-0.3, -0.25) is 4.90 Å². The molecule has 0 bridgehead atoms. The van der Waals surface area contributed by atoms with Crippen molar-refractivity contribution in [3.05, 3.63) is 47.5 Å². The summed E-state index contributed by atoms with van der Waals surface area (Å²) in [6.07, 6.45) is 1.85. The van der Waals surface area contributed by atoms with Gasteiger partial charge < -0.3 is 24.4 Å². The molecule has 180 valence electrons. The first kappa shape index (κ1) is 23.8. The Morgan fingerprint density at radius 3 is 2.85 bits per heavy atom. The van der Waals surface area contributed by atoms with E-state index >= 15 is 0 Å². The van der Waals surface area contributed by atoms with E-state index in [-0.39, 0.29) is 17.8 Å². The van der Waals surface area contributed by atoms with Gasteiger partial charge in [-0.25, -0.2) is 19.2 Å². The fourth-order valence-electron chi connectivity index (χ4n) is 3.50. The largest absolute Gasteiger partial charge is 0.493 e. The van der Waals surface area contributed by atoms with Gasteiger partial charge in [0.25, 0.3) is 0 Å². The highest BCUT2D eigenvalue weighted by molar-refractivity contribution is 6.31. The van der Waals surface area contributed by atoms with Gasteiger partial charge in [0.1, 0.15) is 24.7 Å². The molecule has 34 heavy (non-hydrogen) atoms. The molecule has 0 radical (unpaired) electrons. The Hall–Kier alpha value is -3.37. The molecule has 0 spiro atoms. The van der Waals surface area contributed by atoms with Crippen LogP contribution in [0.15, 0.2) is 36.7 Å². The lowest BCUT2D eigenvalue weighted by atomic mass is 10.2. The van der Waals surface area contributed by atoms with Crippen LogP contribution in [0.5, 0.6) is 11.5 Å². The molecule has 3 aromatic rings. The third kappa shape index (κ3) is 5.57. The number of fused-ring (bicyclic) bond motifs is 1. The minimum Gasteiger partial charge on any atom is -0.493 e. The number of anilines is 2. The van der Waals surface area contributed by atoms with Crippen LogP contribution in [-0.4, -0.2) is 73.0 Å². The number of aromatic nitrogens is 2. The summed E-state index contributed by atoms with van der Waals surface area (Å²) in [6.45, 7) is 2.78. The summed E-state index contributed by atoms with van der Waals surface area (Å²) in [5.74, 6) is 1.13. The van der Waals surface area contributed by atoms with Gasteiger partial charge in [0, 0.05) is 43.8 Å². The highest BCUT2D eigenvalue weighted by Crippen LogP contribution is 2.35. The van der Waals surface area contributed by atoms with E-state index in [9.17, 15) is 9.18 Å². The minimum atomic E-state index is -0.495. The fourth-order valence-corrected chi connectivity index (χ4v) is 3.68. The van der Waals surface area contributed by atoms with Crippen LogP contribution in [0.3, 0.4) is 0 Å². The van der Waals surface area contributed by atoms with Crippen LogP contribution in [0.2, 0.25) is 5.02 Å². The second-order valence-electron chi connectivity index (χ2n) is 7.78. The number of halogens is 2. The van der Waals surface area contributed by atoms with Gasteiger partial charge in [-0.1, -0.05) is 11.6 Å². The molecule has 1 N–H and O–H groups in total. The van der Waals surface area contributed by atoms with E-state index in [2.05, 4.69) is 20.2 Å². The molecule has 0 unspecified atom stereocenters. The molecule has 0 saturated carbocycles. The smallest absolute Gasteiger partial charge is 0.410 e. The van der Waals surface area contributed by atoms with Gasteiger partial charge in [-0.15, -0.1) is 0 Å². The number of nitrogens with one attached hydrogen (secondary N) is 1. The predicted molar refractivity (Wildman–Crippen MR) is 126 cm³/mol. The molecule has 0 aliphatic carbocycles. The van der Waals surface area contributed by atoms with Crippen molar-refractivity contribution in [3.8, 4) is 11.5 Å². The van der Waals surface area contributed by atoms with Gasteiger partial charge >= 0.3 is 6.09 Å². The Labute approximate surface area is 201 Å². The average molecular weight is 490 g/mol. The zero-order valence-corrected chi connectivity index (χ0v) is 19.6. The summed E-state index contributed by atoms with van der Waals surface area (Å²) in [4.78, 5) is 23.9. The first-order chi connectivity index (χ1) is 16.4. The molecule has 1 aliphatic rings. The van der Waals surface area contributed by atoms with Crippen molar-refractivity contribution < 1.29 is 23.4 Å². The Morgan fingerprint density at radius 1 is 1.21 bits per heavy atom. The van der Waals surface area contributed by atoms with Crippen molar-refractivity contribution in [2.75, 3.05) is 52.4 Å². The molecular formula is C23H25ClFN5O4. The second kappa shape index (κ2) is 10.7. The van der Waals surface area contributed by atoms with E-state index in [0.717, 1.165) is 19.5 Å². The first-order valence-electron chi connectivity index (χ1n) is 10.7. The zero-order chi connectivity index (χ0) is 24.1. The number of carbonyl (C=O) groups excluding carboxylic acids is 1. The lowest BCUT2D eigenvalue weighted by Crippen LogP contribution is -2.31. The first-order valence-corrected chi connectivity index (χ1v) is 11.1. The molecular weight excluding hydrogens is 465 g/mol. The van der Waals surface area contributed by atoms with Crippen molar-refractivity contribution in [1.82, 2.24) is 19.8 Å². The molecule has 1 saturated heterocycles. The molecule has 4 rings (SSSR count). The summed E-state index contributed by atoms with van der Waals surface area (Å²) in [5.41, 5.74) is 1.25. The van der Waals surface area contributed by atoms with Crippen molar-refractivity contribution in [2.24, 2.45) is 0 Å². The number of cyclic esters (lactones) is 1. The average Bonchev–Trinajstić information content (AvgIpc) is 2.99. The van der Waals surface area contributed by atoms with Crippen LogP contribution in [0, 0.1) is 5.82 Å². The van der Waals surface area contributed by atoms with Crippen molar-refractivity contribution in [1.29, 1.82) is 0 Å². The third-order valence-electron chi connectivity index (χ3n) is 5.41. The van der Waals surface area contributed by atoms with Crippen LogP contribution in [-0.2, 0) is 4.74 Å². The van der Waals surface area contributed by atoms with Gasteiger partial charge in [-0.2, -0.15) is 0 Å². The number of methoxy groups -OCH3 is 1. The van der Waals surface area contributed by atoms with E-state index in [4.69, 9.17) is 25.8 Å². The van der Waals surface area contributed by atoms with Crippen LogP contribution in [0.25, 0.3) is 10.9 Å².